The number of rotatable bonds is 5. The topological polar surface area (TPSA) is 75.3 Å². The molecule has 0 saturated carbocycles. The van der Waals surface area contributed by atoms with Gasteiger partial charge in [0.2, 0.25) is 5.91 Å². The molecule has 0 atom stereocenters. The van der Waals surface area contributed by atoms with Crippen LogP contribution in [0.25, 0.3) is 10.8 Å². The third-order valence-corrected chi connectivity index (χ3v) is 4.07. The van der Waals surface area contributed by atoms with Gasteiger partial charge < -0.3 is 0 Å². The standard InChI is InChI=1S/C21H17FN2O3/c22-18-9-7-15(8-10-18)21(27)24-23-20(26)12-11-19(25)17-6-5-14-3-1-2-4-16(14)13-17/h1-10,13H,11-12H2,(H,23,26)(H,24,27). The van der Waals surface area contributed by atoms with Gasteiger partial charge in [0.05, 0.1) is 0 Å². The van der Waals surface area contributed by atoms with Gasteiger partial charge in [-0.3, -0.25) is 25.2 Å². The molecule has 3 rings (SSSR count). The molecule has 6 heteroatoms. The zero-order valence-corrected chi connectivity index (χ0v) is 14.4. The number of nitrogens with one attached hydrogen (secondary N) is 2. The second-order valence-electron chi connectivity index (χ2n) is 5.99. The van der Waals surface area contributed by atoms with Crippen LogP contribution in [-0.4, -0.2) is 17.6 Å². The van der Waals surface area contributed by atoms with Crippen LogP contribution in [-0.2, 0) is 4.79 Å². The normalized spacial score (nSPS) is 10.4. The molecule has 2 N–H and O–H groups in total. The minimum absolute atomic E-state index is 0.0244. The number of Topliss-reactive ketones (excluding diaryl/α,β-unsaturated/α-hetero) is 1. The predicted molar refractivity (Wildman–Crippen MR) is 99.5 cm³/mol. The lowest BCUT2D eigenvalue weighted by Gasteiger charge is -2.07. The van der Waals surface area contributed by atoms with Crippen molar-refractivity contribution >= 4 is 28.4 Å². The first-order chi connectivity index (χ1) is 13.0. The van der Waals surface area contributed by atoms with E-state index in [1.165, 1.54) is 12.1 Å². The number of hydrogen-bond acceptors (Lipinski definition) is 3. The number of benzene rings is 3. The van der Waals surface area contributed by atoms with Crippen molar-refractivity contribution in [3.05, 3.63) is 83.7 Å². The van der Waals surface area contributed by atoms with Crippen molar-refractivity contribution < 1.29 is 18.8 Å². The number of halogens is 1. The molecule has 0 saturated heterocycles. The lowest BCUT2D eigenvalue weighted by atomic mass is 10.0. The summed E-state index contributed by atoms with van der Waals surface area (Å²) in [6, 6.07) is 18.0. The Morgan fingerprint density at radius 3 is 2.15 bits per heavy atom. The molecule has 0 aliphatic carbocycles. The lowest BCUT2D eigenvalue weighted by Crippen LogP contribution is -2.41. The fraction of sp³-hybridized carbons (Fsp3) is 0.0952. The van der Waals surface area contributed by atoms with Gasteiger partial charge in [-0.1, -0.05) is 36.4 Å². The summed E-state index contributed by atoms with van der Waals surface area (Å²) in [6.45, 7) is 0. The Hall–Kier alpha value is -3.54. The van der Waals surface area contributed by atoms with E-state index in [1.54, 1.807) is 12.1 Å². The Morgan fingerprint density at radius 2 is 1.41 bits per heavy atom. The second-order valence-corrected chi connectivity index (χ2v) is 5.99. The number of hydrazine groups is 1. The molecule has 0 aliphatic heterocycles. The molecule has 0 radical (unpaired) electrons. The average Bonchev–Trinajstić information content (AvgIpc) is 2.70. The van der Waals surface area contributed by atoms with Crippen LogP contribution < -0.4 is 10.9 Å². The maximum Gasteiger partial charge on any atom is 0.269 e. The minimum Gasteiger partial charge on any atom is -0.294 e. The highest BCUT2D eigenvalue weighted by atomic mass is 19.1. The summed E-state index contributed by atoms with van der Waals surface area (Å²) >= 11 is 0. The predicted octanol–water partition coefficient (Wildman–Crippen LogP) is 3.40. The molecule has 0 fully saturated rings. The molecule has 0 aliphatic rings. The van der Waals surface area contributed by atoms with E-state index in [0.29, 0.717) is 5.56 Å². The summed E-state index contributed by atoms with van der Waals surface area (Å²) in [5, 5.41) is 2.00. The molecule has 5 nitrogen and oxygen atoms in total. The van der Waals surface area contributed by atoms with Crippen molar-refractivity contribution in [1.29, 1.82) is 0 Å². The van der Waals surface area contributed by atoms with Crippen LogP contribution in [0.5, 0.6) is 0 Å². The van der Waals surface area contributed by atoms with Gasteiger partial charge in [-0.2, -0.15) is 0 Å². The minimum atomic E-state index is -0.566. The molecule has 0 spiro atoms. The van der Waals surface area contributed by atoms with Gasteiger partial charge in [0, 0.05) is 24.0 Å². The number of amides is 2. The Kier molecular flexibility index (Phi) is 5.56. The summed E-state index contributed by atoms with van der Waals surface area (Å²) in [5.74, 6) is -1.66. The van der Waals surface area contributed by atoms with Crippen LogP contribution in [0.2, 0.25) is 0 Å². The van der Waals surface area contributed by atoms with Crippen LogP contribution in [0.1, 0.15) is 33.6 Å². The molecular formula is C21H17FN2O3. The number of fused-ring (bicyclic) bond motifs is 1. The Labute approximate surface area is 155 Å². The number of hydrogen-bond donors (Lipinski definition) is 2. The molecule has 0 bridgehead atoms. The average molecular weight is 364 g/mol. The van der Waals surface area contributed by atoms with E-state index < -0.39 is 17.6 Å². The van der Waals surface area contributed by atoms with E-state index in [1.807, 2.05) is 30.3 Å². The van der Waals surface area contributed by atoms with E-state index in [4.69, 9.17) is 0 Å². The van der Waals surface area contributed by atoms with Gasteiger partial charge in [-0.15, -0.1) is 0 Å². The number of carbonyl (C=O) groups excluding carboxylic acids is 3. The largest absolute Gasteiger partial charge is 0.294 e. The molecule has 3 aromatic rings. The van der Waals surface area contributed by atoms with Gasteiger partial charge in [0.25, 0.3) is 5.91 Å². The van der Waals surface area contributed by atoms with Crippen molar-refractivity contribution in [2.75, 3.05) is 0 Å². The molecular weight excluding hydrogens is 347 g/mol. The quantitative estimate of drug-likeness (QED) is 0.538. The van der Waals surface area contributed by atoms with Gasteiger partial charge in [0.1, 0.15) is 5.82 Å². The molecule has 136 valence electrons. The van der Waals surface area contributed by atoms with Crippen molar-refractivity contribution in [3.8, 4) is 0 Å². The molecule has 27 heavy (non-hydrogen) atoms. The van der Waals surface area contributed by atoms with Crippen LogP contribution in [0.3, 0.4) is 0 Å². The monoisotopic (exact) mass is 364 g/mol. The van der Waals surface area contributed by atoms with Crippen LogP contribution >= 0.6 is 0 Å². The Balaban J connectivity index is 1.49. The molecule has 0 heterocycles. The zero-order valence-electron chi connectivity index (χ0n) is 14.4. The van der Waals surface area contributed by atoms with Crippen molar-refractivity contribution in [1.82, 2.24) is 10.9 Å². The summed E-state index contributed by atoms with van der Waals surface area (Å²) in [7, 11) is 0. The summed E-state index contributed by atoms with van der Waals surface area (Å²) in [4.78, 5) is 36.0. The third kappa shape index (κ3) is 4.76. The van der Waals surface area contributed by atoms with E-state index >= 15 is 0 Å². The first-order valence-electron chi connectivity index (χ1n) is 8.40. The fourth-order valence-electron chi connectivity index (χ4n) is 2.60. The van der Waals surface area contributed by atoms with Crippen LogP contribution in [0.4, 0.5) is 4.39 Å². The Morgan fingerprint density at radius 1 is 0.741 bits per heavy atom. The van der Waals surface area contributed by atoms with Gasteiger partial charge in [-0.05, 0) is 41.1 Å². The molecule has 2 amide bonds. The van der Waals surface area contributed by atoms with Crippen LogP contribution in [0, 0.1) is 5.82 Å². The molecule has 3 aromatic carbocycles. The number of carbonyl (C=O) groups is 3. The van der Waals surface area contributed by atoms with Crippen molar-refractivity contribution in [2.24, 2.45) is 0 Å². The molecule has 0 unspecified atom stereocenters. The highest BCUT2D eigenvalue weighted by Gasteiger charge is 2.11. The second kappa shape index (κ2) is 8.23. The maximum absolute atomic E-state index is 12.8. The van der Waals surface area contributed by atoms with E-state index in [0.717, 1.165) is 22.9 Å². The summed E-state index contributed by atoms with van der Waals surface area (Å²) in [5.41, 5.74) is 5.23. The Bertz CT molecular complexity index is 1000. The van der Waals surface area contributed by atoms with Gasteiger partial charge in [-0.25, -0.2) is 4.39 Å². The first-order valence-corrected chi connectivity index (χ1v) is 8.40. The fourth-order valence-corrected chi connectivity index (χ4v) is 2.60. The van der Waals surface area contributed by atoms with Gasteiger partial charge in [0.15, 0.2) is 5.78 Å². The maximum atomic E-state index is 12.8. The highest BCUT2D eigenvalue weighted by Crippen LogP contribution is 2.17. The van der Waals surface area contributed by atoms with Crippen LogP contribution in [0.15, 0.2) is 66.7 Å². The van der Waals surface area contributed by atoms with Crippen molar-refractivity contribution in [3.63, 3.8) is 0 Å². The number of ketones is 1. The smallest absolute Gasteiger partial charge is 0.269 e. The van der Waals surface area contributed by atoms with E-state index in [9.17, 15) is 18.8 Å². The van der Waals surface area contributed by atoms with Gasteiger partial charge >= 0.3 is 0 Å². The SMILES string of the molecule is O=C(CCC(=O)c1ccc2ccccc2c1)NNC(=O)c1ccc(F)cc1. The molecule has 0 aromatic heterocycles. The highest BCUT2D eigenvalue weighted by molar-refractivity contribution is 6.01. The summed E-state index contributed by atoms with van der Waals surface area (Å²) < 4.78 is 12.8. The van der Waals surface area contributed by atoms with E-state index in [2.05, 4.69) is 10.9 Å². The van der Waals surface area contributed by atoms with Crippen molar-refractivity contribution in [2.45, 2.75) is 12.8 Å². The summed E-state index contributed by atoms with van der Waals surface area (Å²) in [6.07, 6.45) is -0.0358. The lowest BCUT2D eigenvalue weighted by molar-refractivity contribution is -0.121. The zero-order chi connectivity index (χ0) is 19.2. The third-order valence-electron chi connectivity index (χ3n) is 4.07. The first kappa shape index (κ1) is 18.3. The van der Waals surface area contributed by atoms with E-state index in [-0.39, 0.29) is 24.2 Å².